The van der Waals surface area contributed by atoms with Crippen LogP contribution in [-0.4, -0.2) is 17.0 Å². The highest BCUT2D eigenvalue weighted by Crippen LogP contribution is 2.35. The van der Waals surface area contributed by atoms with Crippen molar-refractivity contribution in [3.8, 4) is 0 Å². The van der Waals surface area contributed by atoms with Gasteiger partial charge in [-0.25, -0.2) is 9.97 Å². The fourth-order valence-corrected chi connectivity index (χ4v) is 2.42. The molecule has 0 aliphatic carbocycles. The van der Waals surface area contributed by atoms with Crippen molar-refractivity contribution in [2.75, 3.05) is 7.05 Å². The molecule has 2 rings (SSSR count). The second-order valence-electron chi connectivity index (χ2n) is 3.98. The van der Waals surface area contributed by atoms with Crippen LogP contribution in [0.25, 0.3) is 0 Å². The molecule has 0 saturated heterocycles. The van der Waals surface area contributed by atoms with Crippen molar-refractivity contribution in [1.82, 2.24) is 15.3 Å². The summed E-state index contributed by atoms with van der Waals surface area (Å²) in [5.74, 6) is 0. The highest BCUT2D eigenvalue weighted by molar-refractivity contribution is 7.99. The van der Waals surface area contributed by atoms with Crippen LogP contribution in [0.1, 0.15) is 11.1 Å². The van der Waals surface area contributed by atoms with Gasteiger partial charge in [0.1, 0.15) is 0 Å². The Hall–Kier alpha value is -1.60. The van der Waals surface area contributed by atoms with E-state index in [0.29, 0.717) is 10.1 Å². The maximum Gasteiger partial charge on any atom is 0.416 e. The summed E-state index contributed by atoms with van der Waals surface area (Å²) in [4.78, 5) is 8.43. The zero-order chi connectivity index (χ0) is 14.6. The molecular weight excluding hydrogens is 287 g/mol. The molecule has 2 aromatic rings. The van der Waals surface area contributed by atoms with Crippen molar-refractivity contribution >= 4 is 11.8 Å². The molecule has 0 spiro atoms. The number of hydrogen-bond donors (Lipinski definition) is 1. The van der Waals surface area contributed by atoms with Crippen molar-refractivity contribution in [2.45, 2.75) is 22.8 Å². The molecule has 1 aromatic carbocycles. The van der Waals surface area contributed by atoms with Gasteiger partial charge < -0.3 is 5.32 Å². The van der Waals surface area contributed by atoms with E-state index in [1.165, 1.54) is 6.07 Å². The maximum absolute atomic E-state index is 13.0. The van der Waals surface area contributed by atoms with E-state index >= 15 is 0 Å². The molecule has 0 bridgehead atoms. The lowest BCUT2D eigenvalue weighted by molar-refractivity contribution is -0.138. The third-order valence-electron chi connectivity index (χ3n) is 2.51. The Morgan fingerprint density at radius 3 is 2.50 bits per heavy atom. The monoisotopic (exact) mass is 299 g/mol. The zero-order valence-electron chi connectivity index (χ0n) is 10.6. The van der Waals surface area contributed by atoms with Crippen LogP contribution in [0.5, 0.6) is 0 Å². The third-order valence-corrected chi connectivity index (χ3v) is 3.39. The minimum absolute atomic E-state index is 0.168. The Kier molecular flexibility index (Phi) is 4.61. The Bertz CT molecular complexity index is 573. The average Bonchev–Trinajstić information content (AvgIpc) is 2.41. The molecule has 0 atom stereocenters. The summed E-state index contributed by atoms with van der Waals surface area (Å²) in [5, 5.41) is 3.15. The first kappa shape index (κ1) is 14.8. The Morgan fingerprint density at radius 1 is 1.20 bits per heavy atom. The highest BCUT2D eigenvalue weighted by atomic mass is 32.2. The Morgan fingerprint density at radius 2 is 1.90 bits per heavy atom. The summed E-state index contributed by atoms with van der Waals surface area (Å²) >= 11 is 1.10. The van der Waals surface area contributed by atoms with Gasteiger partial charge in [0.2, 0.25) is 0 Å². The fourth-order valence-electron chi connectivity index (χ4n) is 1.67. The van der Waals surface area contributed by atoms with E-state index in [1.807, 2.05) is 0 Å². The molecule has 20 heavy (non-hydrogen) atoms. The number of nitrogens with one attached hydrogen (secondary N) is 1. The number of hydrogen-bond acceptors (Lipinski definition) is 4. The lowest BCUT2D eigenvalue weighted by Gasteiger charge is -2.14. The van der Waals surface area contributed by atoms with Gasteiger partial charge in [0, 0.05) is 23.8 Å². The first-order valence-electron chi connectivity index (χ1n) is 5.80. The van der Waals surface area contributed by atoms with Crippen LogP contribution in [0.2, 0.25) is 0 Å². The molecule has 1 N–H and O–H groups in total. The second-order valence-corrected chi connectivity index (χ2v) is 5.02. The molecule has 1 heterocycles. The maximum atomic E-state index is 13.0. The number of benzene rings is 1. The highest BCUT2D eigenvalue weighted by Gasteiger charge is 2.33. The van der Waals surface area contributed by atoms with E-state index in [1.54, 1.807) is 31.6 Å². The van der Waals surface area contributed by atoms with Gasteiger partial charge >= 0.3 is 6.18 Å². The molecule has 0 aliphatic rings. The lowest BCUT2D eigenvalue weighted by Crippen LogP contribution is -2.14. The molecule has 0 amide bonds. The molecule has 0 aliphatic heterocycles. The van der Waals surface area contributed by atoms with Gasteiger partial charge in [-0.15, -0.1) is 0 Å². The van der Waals surface area contributed by atoms with Gasteiger partial charge in [-0.1, -0.05) is 6.07 Å². The number of halogens is 3. The zero-order valence-corrected chi connectivity index (χ0v) is 11.4. The predicted molar refractivity (Wildman–Crippen MR) is 70.4 cm³/mol. The van der Waals surface area contributed by atoms with E-state index in [2.05, 4.69) is 15.3 Å². The minimum Gasteiger partial charge on any atom is -0.316 e. The van der Waals surface area contributed by atoms with Gasteiger partial charge in [-0.2, -0.15) is 13.2 Å². The van der Waals surface area contributed by atoms with Gasteiger partial charge in [0.05, 0.1) is 5.56 Å². The average molecular weight is 299 g/mol. The second kappa shape index (κ2) is 6.23. The van der Waals surface area contributed by atoms with E-state index < -0.39 is 11.7 Å². The van der Waals surface area contributed by atoms with E-state index in [-0.39, 0.29) is 12.1 Å². The van der Waals surface area contributed by atoms with Crippen LogP contribution in [-0.2, 0) is 12.7 Å². The van der Waals surface area contributed by atoms with E-state index in [0.717, 1.165) is 17.8 Å². The number of aromatic nitrogens is 2. The van der Waals surface area contributed by atoms with Crippen molar-refractivity contribution in [3.63, 3.8) is 0 Å². The standard InChI is InChI=1S/C13H12F3N3S/c1-17-8-9-3-4-10(7-11(9)13(14,15)16)20-12-18-5-2-6-19-12/h2-7,17H,8H2,1H3. The van der Waals surface area contributed by atoms with Gasteiger partial charge in [0.25, 0.3) is 0 Å². The summed E-state index contributed by atoms with van der Waals surface area (Å²) in [5.41, 5.74) is -0.411. The third kappa shape index (κ3) is 3.71. The molecule has 0 radical (unpaired) electrons. The number of nitrogens with zero attached hydrogens (tertiary/aromatic N) is 2. The largest absolute Gasteiger partial charge is 0.416 e. The van der Waals surface area contributed by atoms with Gasteiger partial charge in [-0.05, 0) is 42.6 Å². The normalized spacial score (nSPS) is 11.6. The van der Waals surface area contributed by atoms with E-state index in [4.69, 9.17) is 0 Å². The SMILES string of the molecule is CNCc1ccc(Sc2ncccn2)cc1C(F)(F)F. The summed E-state index contributed by atoms with van der Waals surface area (Å²) in [7, 11) is 1.61. The number of alkyl halides is 3. The Balaban J connectivity index is 2.32. The summed E-state index contributed by atoms with van der Waals surface area (Å²) in [6.07, 6.45) is -1.27. The topological polar surface area (TPSA) is 37.8 Å². The first-order valence-corrected chi connectivity index (χ1v) is 6.62. The smallest absolute Gasteiger partial charge is 0.316 e. The van der Waals surface area contributed by atoms with E-state index in [9.17, 15) is 13.2 Å². The lowest BCUT2D eigenvalue weighted by atomic mass is 10.1. The van der Waals surface area contributed by atoms with Crippen LogP contribution in [0.3, 0.4) is 0 Å². The predicted octanol–water partition coefficient (Wildman–Crippen LogP) is 3.37. The molecule has 0 saturated carbocycles. The van der Waals surface area contributed by atoms with Crippen LogP contribution >= 0.6 is 11.8 Å². The molecule has 106 valence electrons. The van der Waals surface area contributed by atoms with Crippen molar-refractivity contribution in [3.05, 3.63) is 47.8 Å². The first-order chi connectivity index (χ1) is 9.50. The van der Waals surface area contributed by atoms with Crippen molar-refractivity contribution < 1.29 is 13.2 Å². The van der Waals surface area contributed by atoms with Crippen LogP contribution in [0.15, 0.2) is 46.7 Å². The molecular formula is C13H12F3N3S. The molecule has 0 fully saturated rings. The Labute approximate surface area is 118 Å². The number of rotatable bonds is 4. The minimum atomic E-state index is -4.37. The molecule has 7 heteroatoms. The van der Waals surface area contributed by atoms with Crippen LogP contribution in [0.4, 0.5) is 13.2 Å². The van der Waals surface area contributed by atoms with Gasteiger partial charge in [-0.3, -0.25) is 0 Å². The quantitative estimate of drug-likeness (QED) is 0.878. The van der Waals surface area contributed by atoms with Crippen LogP contribution in [0, 0.1) is 0 Å². The summed E-state index contributed by atoms with van der Waals surface area (Å²) < 4.78 is 39.1. The molecule has 1 aromatic heterocycles. The van der Waals surface area contributed by atoms with Crippen molar-refractivity contribution in [2.24, 2.45) is 0 Å². The fraction of sp³-hybridized carbons (Fsp3) is 0.231. The van der Waals surface area contributed by atoms with Crippen LogP contribution < -0.4 is 5.32 Å². The summed E-state index contributed by atoms with van der Waals surface area (Å²) in [6, 6.07) is 5.91. The molecule has 0 unspecified atom stereocenters. The summed E-state index contributed by atoms with van der Waals surface area (Å²) in [6.45, 7) is 0.168. The van der Waals surface area contributed by atoms with Gasteiger partial charge in [0.15, 0.2) is 5.16 Å². The van der Waals surface area contributed by atoms with Crippen molar-refractivity contribution in [1.29, 1.82) is 0 Å². The molecule has 3 nitrogen and oxygen atoms in total.